The van der Waals surface area contributed by atoms with Crippen molar-refractivity contribution < 1.29 is 9.90 Å². The molecule has 1 saturated carbocycles. The molecule has 1 aliphatic rings. The molecule has 4 nitrogen and oxygen atoms in total. The van der Waals surface area contributed by atoms with Crippen LogP contribution < -0.4 is 11.1 Å². The number of nitrogens with two attached hydrogens (primary N) is 1. The number of nitrogens with one attached hydrogen (secondary N) is 1. The van der Waals surface area contributed by atoms with Gasteiger partial charge in [-0.25, -0.2) is 0 Å². The average Bonchev–Trinajstić information content (AvgIpc) is 2.44. The lowest BCUT2D eigenvalue weighted by molar-refractivity contribution is 0.0947. The summed E-state index contributed by atoms with van der Waals surface area (Å²) in [5.41, 5.74) is 6.07. The number of phenols is 1. The number of nitrogen functional groups attached to an aromatic ring is 1. The van der Waals surface area contributed by atoms with Crippen molar-refractivity contribution in [3.8, 4) is 5.75 Å². The number of aromatic hydroxyl groups is 1. The van der Waals surface area contributed by atoms with Crippen molar-refractivity contribution in [3.05, 3.63) is 23.8 Å². The van der Waals surface area contributed by atoms with Gasteiger partial charge in [0.1, 0.15) is 0 Å². The third-order valence-corrected chi connectivity index (χ3v) is 4.29. The largest absolute Gasteiger partial charge is 0.505 e. The smallest absolute Gasteiger partial charge is 0.255 e. The fourth-order valence-electron chi connectivity index (χ4n) is 2.85. The lowest BCUT2D eigenvalue weighted by Gasteiger charge is -2.26. The van der Waals surface area contributed by atoms with Crippen molar-refractivity contribution >= 4 is 11.6 Å². The molecule has 1 aromatic carbocycles. The van der Waals surface area contributed by atoms with Crippen LogP contribution in [0.2, 0.25) is 0 Å². The quantitative estimate of drug-likeness (QED) is 0.584. The maximum atomic E-state index is 12.0. The number of carbonyl (C=O) groups excluding carboxylic acids is 1. The second-order valence-corrected chi connectivity index (χ2v) is 5.91. The van der Waals surface area contributed by atoms with E-state index in [1.54, 1.807) is 18.2 Å². The van der Waals surface area contributed by atoms with Crippen LogP contribution >= 0.6 is 0 Å². The summed E-state index contributed by atoms with van der Waals surface area (Å²) in [6.07, 6.45) is 6.14. The molecule has 0 radical (unpaired) electrons. The van der Waals surface area contributed by atoms with Crippen LogP contribution in [0, 0.1) is 11.8 Å². The fourth-order valence-corrected chi connectivity index (χ4v) is 2.85. The topological polar surface area (TPSA) is 75.4 Å². The maximum Gasteiger partial charge on any atom is 0.255 e. The molecule has 1 fully saturated rings. The molecule has 1 aliphatic carbocycles. The van der Waals surface area contributed by atoms with Gasteiger partial charge in [-0.15, -0.1) is 0 Å². The number of carbonyl (C=O) groups is 1. The van der Waals surface area contributed by atoms with E-state index in [9.17, 15) is 9.90 Å². The van der Waals surface area contributed by atoms with Gasteiger partial charge >= 0.3 is 0 Å². The van der Waals surface area contributed by atoms with E-state index in [0.29, 0.717) is 6.54 Å². The summed E-state index contributed by atoms with van der Waals surface area (Å²) >= 11 is 0. The lowest BCUT2D eigenvalue weighted by Crippen LogP contribution is -2.27. The lowest BCUT2D eigenvalue weighted by atomic mass is 9.81. The highest BCUT2D eigenvalue weighted by Crippen LogP contribution is 2.30. The number of hydrogen-bond acceptors (Lipinski definition) is 3. The molecule has 2 rings (SSSR count). The first-order chi connectivity index (χ1) is 9.58. The van der Waals surface area contributed by atoms with E-state index in [4.69, 9.17) is 5.73 Å². The van der Waals surface area contributed by atoms with Gasteiger partial charge in [-0.2, -0.15) is 0 Å². The predicted octanol–water partition coefficient (Wildman–Crippen LogP) is 2.92. The number of hydrogen-bond donors (Lipinski definition) is 3. The van der Waals surface area contributed by atoms with Gasteiger partial charge in [-0.3, -0.25) is 4.79 Å². The molecule has 0 aliphatic heterocycles. The van der Waals surface area contributed by atoms with Crippen molar-refractivity contribution in [2.75, 3.05) is 12.3 Å². The van der Waals surface area contributed by atoms with E-state index >= 15 is 0 Å². The number of phenolic OH excluding ortho intramolecular Hbond substituents is 1. The SMILES string of the molecule is CC1CCC(CCNC(=O)c2cccc(N)c2O)CC1. The van der Waals surface area contributed by atoms with Gasteiger partial charge in [-0.05, 0) is 30.4 Å². The highest BCUT2D eigenvalue weighted by molar-refractivity contribution is 5.98. The summed E-state index contributed by atoms with van der Waals surface area (Å²) < 4.78 is 0. The third-order valence-electron chi connectivity index (χ3n) is 4.29. The van der Waals surface area contributed by atoms with Gasteiger partial charge < -0.3 is 16.2 Å². The van der Waals surface area contributed by atoms with Crippen LogP contribution in [0.15, 0.2) is 18.2 Å². The molecule has 4 N–H and O–H groups in total. The number of amides is 1. The number of para-hydroxylation sites is 1. The molecular formula is C16H24N2O2. The van der Waals surface area contributed by atoms with E-state index in [2.05, 4.69) is 12.2 Å². The zero-order valence-corrected chi connectivity index (χ0v) is 12.1. The van der Waals surface area contributed by atoms with Crippen LogP contribution in [-0.4, -0.2) is 17.6 Å². The molecule has 0 atom stereocenters. The Bertz CT molecular complexity index is 466. The Morgan fingerprint density at radius 2 is 2.05 bits per heavy atom. The Morgan fingerprint density at radius 3 is 2.75 bits per heavy atom. The van der Waals surface area contributed by atoms with Crippen LogP contribution in [0.4, 0.5) is 5.69 Å². The summed E-state index contributed by atoms with van der Waals surface area (Å²) in [5, 5.41) is 12.6. The summed E-state index contributed by atoms with van der Waals surface area (Å²) in [4.78, 5) is 12.0. The highest BCUT2D eigenvalue weighted by Gasteiger charge is 2.18. The van der Waals surface area contributed by atoms with Gasteiger partial charge in [0.25, 0.3) is 5.91 Å². The normalized spacial score (nSPS) is 22.4. The summed E-state index contributed by atoms with van der Waals surface area (Å²) in [6, 6.07) is 4.84. The first kappa shape index (κ1) is 14.7. The molecule has 1 aromatic rings. The second kappa shape index (κ2) is 6.64. The van der Waals surface area contributed by atoms with Crippen LogP contribution in [-0.2, 0) is 0 Å². The summed E-state index contributed by atoms with van der Waals surface area (Å²) in [7, 11) is 0. The Kier molecular flexibility index (Phi) is 4.88. The number of benzene rings is 1. The van der Waals surface area contributed by atoms with Crippen LogP contribution in [0.1, 0.15) is 49.4 Å². The van der Waals surface area contributed by atoms with Gasteiger partial charge in [0.15, 0.2) is 5.75 Å². The van der Waals surface area contributed by atoms with E-state index in [1.165, 1.54) is 25.7 Å². The molecule has 20 heavy (non-hydrogen) atoms. The first-order valence-corrected chi connectivity index (χ1v) is 7.43. The minimum Gasteiger partial charge on any atom is -0.505 e. The standard InChI is InChI=1S/C16H24N2O2/c1-11-5-7-12(8-6-11)9-10-18-16(20)13-3-2-4-14(17)15(13)19/h2-4,11-12,19H,5-10,17H2,1H3,(H,18,20). The Morgan fingerprint density at radius 1 is 1.35 bits per heavy atom. The summed E-state index contributed by atoms with van der Waals surface area (Å²) in [6.45, 7) is 2.96. The van der Waals surface area contributed by atoms with Gasteiger partial charge in [0.2, 0.25) is 0 Å². The molecule has 0 saturated heterocycles. The van der Waals surface area contributed by atoms with Crippen LogP contribution in [0.25, 0.3) is 0 Å². The molecule has 110 valence electrons. The average molecular weight is 276 g/mol. The van der Waals surface area contributed by atoms with Gasteiger partial charge in [-0.1, -0.05) is 38.7 Å². The molecule has 0 aromatic heterocycles. The zero-order chi connectivity index (χ0) is 14.5. The molecule has 0 spiro atoms. The Balaban J connectivity index is 1.79. The minimum absolute atomic E-state index is 0.128. The van der Waals surface area contributed by atoms with Gasteiger partial charge in [0, 0.05) is 6.54 Å². The predicted molar refractivity (Wildman–Crippen MR) is 80.6 cm³/mol. The van der Waals surface area contributed by atoms with Crippen molar-refractivity contribution in [2.24, 2.45) is 11.8 Å². The van der Waals surface area contributed by atoms with E-state index in [-0.39, 0.29) is 22.9 Å². The van der Waals surface area contributed by atoms with E-state index < -0.39 is 0 Å². The monoisotopic (exact) mass is 276 g/mol. The van der Waals surface area contributed by atoms with E-state index in [0.717, 1.165) is 18.3 Å². The molecule has 0 unspecified atom stereocenters. The van der Waals surface area contributed by atoms with Crippen LogP contribution in [0.3, 0.4) is 0 Å². The van der Waals surface area contributed by atoms with Crippen molar-refractivity contribution in [1.82, 2.24) is 5.32 Å². The Hall–Kier alpha value is -1.71. The van der Waals surface area contributed by atoms with Gasteiger partial charge in [0.05, 0.1) is 11.3 Å². The molecule has 0 heterocycles. The van der Waals surface area contributed by atoms with Crippen molar-refractivity contribution in [2.45, 2.75) is 39.0 Å². The second-order valence-electron chi connectivity index (χ2n) is 5.91. The third kappa shape index (κ3) is 3.65. The fraction of sp³-hybridized carbons (Fsp3) is 0.562. The zero-order valence-electron chi connectivity index (χ0n) is 12.1. The van der Waals surface area contributed by atoms with Crippen molar-refractivity contribution in [1.29, 1.82) is 0 Å². The molecule has 4 heteroatoms. The maximum absolute atomic E-state index is 12.0. The minimum atomic E-state index is -0.251. The van der Waals surface area contributed by atoms with Crippen LogP contribution in [0.5, 0.6) is 5.75 Å². The molecular weight excluding hydrogens is 252 g/mol. The number of rotatable bonds is 4. The Labute approximate surface area is 120 Å². The highest BCUT2D eigenvalue weighted by atomic mass is 16.3. The summed E-state index contributed by atoms with van der Waals surface area (Å²) in [5.74, 6) is 1.20. The number of anilines is 1. The van der Waals surface area contributed by atoms with E-state index in [1.807, 2.05) is 0 Å². The van der Waals surface area contributed by atoms with Crippen molar-refractivity contribution in [3.63, 3.8) is 0 Å². The first-order valence-electron chi connectivity index (χ1n) is 7.43. The molecule has 1 amide bonds. The molecule has 0 bridgehead atoms.